The van der Waals surface area contributed by atoms with Gasteiger partial charge in [-0.15, -0.1) is 0 Å². The van der Waals surface area contributed by atoms with Crippen LogP contribution >= 0.6 is 0 Å². The number of benzene rings is 1. The van der Waals surface area contributed by atoms with Crippen LogP contribution in [0, 0.1) is 12.8 Å². The van der Waals surface area contributed by atoms with Crippen molar-refractivity contribution in [2.75, 3.05) is 13.1 Å². The molecule has 3 atom stereocenters. The second-order valence-corrected chi connectivity index (χ2v) is 7.03. The lowest BCUT2D eigenvalue weighted by Crippen LogP contribution is -2.63. The smallest absolute Gasteiger partial charge is 0.0307 e. The summed E-state index contributed by atoms with van der Waals surface area (Å²) in [7, 11) is 0. The molecule has 1 N–H and O–H groups in total. The van der Waals surface area contributed by atoms with Gasteiger partial charge in [-0.25, -0.2) is 0 Å². The van der Waals surface area contributed by atoms with E-state index in [1.165, 1.54) is 24.0 Å². The highest BCUT2D eigenvalue weighted by atomic mass is 15.3. The quantitative estimate of drug-likeness (QED) is 0.881. The molecule has 118 valence electrons. The summed E-state index contributed by atoms with van der Waals surface area (Å²) >= 11 is 0. The van der Waals surface area contributed by atoms with Crippen molar-refractivity contribution in [3.8, 4) is 0 Å². The van der Waals surface area contributed by atoms with Gasteiger partial charge in [0.05, 0.1) is 0 Å². The van der Waals surface area contributed by atoms with E-state index in [-0.39, 0.29) is 5.54 Å². The van der Waals surface area contributed by atoms with Crippen LogP contribution in [0.3, 0.4) is 0 Å². The van der Waals surface area contributed by atoms with Gasteiger partial charge in [-0.1, -0.05) is 51.5 Å². The van der Waals surface area contributed by atoms with Crippen LogP contribution in [0.2, 0.25) is 0 Å². The van der Waals surface area contributed by atoms with Gasteiger partial charge in [0, 0.05) is 31.2 Å². The summed E-state index contributed by atoms with van der Waals surface area (Å²) in [5.41, 5.74) is 3.16. The highest BCUT2D eigenvalue weighted by Crippen LogP contribution is 2.28. The Morgan fingerprint density at radius 3 is 2.67 bits per heavy atom. The molecular formula is C19H32N2. The molecule has 1 aromatic rings. The van der Waals surface area contributed by atoms with Gasteiger partial charge in [-0.3, -0.25) is 4.90 Å². The van der Waals surface area contributed by atoms with Crippen LogP contribution in [-0.4, -0.2) is 29.6 Å². The fraction of sp³-hybridized carbons (Fsp3) is 0.684. The van der Waals surface area contributed by atoms with E-state index in [1.807, 2.05) is 0 Å². The molecule has 0 aliphatic carbocycles. The highest BCUT2D eigenvalue weighted by molar-refractivity contribution is 5.25. The Labute approximate surface area is 130 Å². The molecule has 3 unspecified atom stereocenters. The highest BCUT2D eigenvalue weighted by Gasteiger charge is 2.37. The van der Waals surface area contributed by atoms with Gasteiger partial charge in [0.15, 0.2) is 0 Å². The second kappa shape index (κ2) is 6.93. The molecule has 1 saturated heterocycles. The van der Waals surface area contributed by atoms with Gasteiger partial charge in [0.2, 0.25) is 0 Å². The van der Waals surface area contributed by atoms with Crippen molar-refractivity contribution in [1.29, 1.82) is 0 Å². The molecule has 2 rings (SSSR count). The lowest BCUT2D eigenvalue weighted by molar-refractivity contribution is 0.0292. The number of aryl methyl sites for hydroxylation is 1. The van der Waals surface area contributed by atoms with Crippen LogP contribution in [0.25, 0.3) is 0 Å². The van der Waals surface area contributed by atoms with Crippen molar-refractivity contribution >= 4 is 0 Å². The average Bonchev–Trinajstić information content (AvgIpc) is 2.50. The zero-order valence-electron chi connectivity index (χ0n) is 14.4. The molecule has 1 fully saturated rings. The van der Waals surface area contributed by atoms with Crippen LogP contribution < -0.4 is 5.32 Å². The third kappa shape index (κ3) is 3.67. The van der Waals surface area contributed by atoms with E-state index in [4.69, 9.17) is 0 Å². The number of nitrogens with zero attached hydrogens (tertiary/aromatic N) is 1. The van der Waals surface area contributed by atoms with Crippen LogP contribution in [0.4, 0.5) is 0 Å². The van der Waals surface area contributed by atoms with Crippen molar-refractivity contribution in [2.24, 2.45) is 5.92 Å². The normalized spacial score (nSPS) is 28.5. The Kier molecular flexibility index (Phi) is 5.45. The molecule has 1 aliphatic heterocycles. The molecule has 1 heterocycles. The maximum Gasteiger partial charge on any atom is 0.0307 e. The molecule has 2 heteroatoms. The van der Waals surface area contributed by atoms with Crippen molar-refractivity contribution in [3.05, 3.63) is 35.4 Å². The van der Waals surface area contributed by atoms with Gasteiger partial charge in [-0.2, -0.15) is 0 Å². The molecule has 21 heavy (non-hydrogen) atoms. The molecule has 0 bridgehead atoms. The van der Waals surface area contributed by atoms with Gasteiger partial charge < -0.3 is 5.32 Å². The molecule has 1 aliphatic rings. The van der Waals surface area contributed by atoms with Gasteiger partial charge in [-0.05, 0) is 37.3 Å². The van der Waals surface area contributed by atoms with Crippen molar-refractivity contribution in [2.45, 2.75) is 65.6 Å². The summed E-state index contributed by atoms with van der Waals surface area (Å²) in [5.74, 6) is 0.741. The minimum atomic E-state index is 0.270. The Morgan fingerprint density at radius 1 is 1.33 bits per heavy atom. The third-order valence-electron chi connectivity index (χ3n) is 5.64. The summed E-state index contributed by atoms with van der Waals surface area (Å²) < 4.78 is 0. The zero-order valence-corrected chi connectivity index (χ0v) is 14.4. The molecule has 0 saturated carbocycles. The fourth-order valence-corrected chi connectivity index (χ4v) is 3.25. The van der Waals surface area contributed by atoms with E-state index in [1.54, 1.807) is 0 Å². The predicted molar refractivity (Wildman–Crippen MR) is 91.5 cm³/mol. The predicted octanol–water partition coefficient (Wildman–Crippen LogP) is 3.98. The Hall–Kier alpha value is -0.860. The first-order chi connectivity index (χ1) is 10.00. The number of nitrogens with one attached hydrogen (secondary N) is 1. The first kappa shape index (κ1) is 16.5. The van der Waals surface area contributed by atoms with Gasteiger partial charge in [0.25, 0.3) is 0 Å². The Bertz CT molecular complexity index is 457. The molecule has 0 spiro atoms. The Balaban J connectivity index is 2.17. The maximum atomic E-state index is 3.80. The SMILES string of the molecule is CCC(C)C1CN(Cc2ccccc2C)C(C)(CC)CN1. The summed E-state index contributed by atoms with van der Waals surface area (Å²) in [5, 5.41) is 3.80. The van der Waals surface area contributed by atoms with Crippen LogP contribution in [-0.2, 0) is 6.54 Å². The van der Waals surface area contributed by atoms with E-state index in [9.17, 15) is 0 Å². The lowest BCUT2D eigenvalue weighted by atomic mass is 9.87. The molecule has 2 nitrogen and oxygen atoms in total. The topological polar surface area (TPSA) is 15.3 Å². The Morgan fingerprint density at radius 2 is 2.05 bits per heavy atom. The minimum Gasteiger partial charge on any atom is -0.311 e. The van der Waals surface area contributed by atoms with Crippen LogP contribution in [0.15, 0.2) is 24.3 Å². The summed E-state index contributed by atoms with van der Waals surface area (Å²) in [4.78, 5) is 2.71. The van der Waals surface area contributed by atoms with E-state index in [0.717, 1.165) is 25.6 Å². The first-order valence-corrected chi connectivity index (χ1v) is 8.53. The van der Waals surface area contributed by atoms with E-state index in [0.29, 0.717) is 6.04 Å². The van der Waals surface area contributed by atoms with Crippen LogP contribution in [0.5, 0.6) is 0 Å². The second-order valence-electron chi connectivity index (χ2n) is 7.03. The molecule has 0 aromatic heterocycles. The maximum absolute atomic E-state index is 3.80. The van der Waals surface area contributed by atoms with E-state index < -0.39 is 0 Å². The first-order valence-electron chi connectivity index (χ1n) is 8.53. The molecular weight excluding hydrogens is 256 g/mol. The average molecular weight is 288 g/mol. The van der Waals surface area contributed by atoms with Gasteiger partial charge >= 0.3 is 0 Å². The zero-order chi connectivity index (χ0) is 15.5. The summed E-state index contributed by atoms with van der Waals surface area (Å²) in [6.07, 6.45) is 2.44. The summed E-state index contributed by atoms with van der Waals surface area (Å²) in [6, 6.07) is 9.44. The summed E-state index contributed by atoms with van der Waals surface area (Å²) in [6.45, 7) is 15.0. The lowest BCUT2D eigenvalue weighted by Gasteiger charge is -2.49. The van der Waals surface area contributed by atoms with Crippen molar-refractivity contribution in [1.82, 2.24) is 10.2 Å². The third-order valence-corrected chi connectivity index (χ3v) is 5.64. The van der Waals surface area contributed by atoms with Crippen molar-refractivity contribution in [3.63, 3.8) is 0 Å². The fourth-order valence-electron chi connectivity index (χ4n) is 3.25. The molecule has 0 amide bonds. The largest absolute Gasteiger partial charge is 0.311 e. The number of hydrogen-bond acceptors (Lipinski definition) is 2. The molecule has 0 radical (unpaired) electrons. The number of rotatable bonds is 5. The van der Waals surface area contributed by atoms with E-state index >= 15 is 0 Å². The van der Waals surface area contributed by atoms with Crippen LogP contribution in [0.1, 0.15) is 51.7 Å². The minimum absolute atomic E-state index is 0.270. The monoisotopic (exact) mass is 288 g/mol. The van der Waals surface area contributed by atoms with Gasteiger partial charge in [0.1, 0.15) is 0 Å². The van der Waals surface area contributed by atoms with Crippen molar-refractivity contribution < 1.29 is 0 Å². The number of piperazine rings is 1. The number of hydrogen-bond donors (Lipinski definition) is 1. The molecule has 1 aromatic carbocycles. The standard InChI is InChI=1S/C19H32N2/c1-6-15(3)18-13-21(19(5,7-2)14-20-18)12-17-11-9-8-10-16(17)4/h8-11,15,18,20H,6-7,12-14H2,1-5H3. The van der Waals surface area contributed by atoms with E-state index in [2.05, 4.69) is 69.1 Å².